The summed E-state index contributed by atoms with van der Waals surface area (Å²) in [5.74, 6) is 0.559. The summed E-state index contributed by atoms with van der Waals surface area (Å²) in [7, 11) is 0. The van der Waals surface area contributed by atoms with Crippen molar-refractivity contribution in [2.24, 2.45) is 5.92 Å². The monoisotopic (exact) mass is 276 g/mol. The van der Waals surface area contributed by atoms with Gasteiger partial charge in [-0.25, -0.2) is 0 Å². The Hall–Kier alpha value is -0.890. The van der Waals surface area contributed by atoms with E-state index in [1.807, 2.05) is 18.2 Å². The summed E-state index contributed by atoms with van der Waals surface area (Å²) in [5.41, 5.74) is 3.30. The van der Waals surface area contributed by atoms with Crippen molar-refractivity contribution in [1.29, 1.82) is 0 Å². The predicted molar refractivity (Wildman–Crippen MR) is 85.4 cm³/mol. The molecular weight excluding hydrogens is 250 g/mol. The Balaban J connectivity index is 2.03. The molecular formula is C17H23NS. The normalized spacial score (nSPS) is 27.6. The van der Waals surface area contributed by atoms with Gasteiger partial charge in [0.1, 0.15) is 0 Å². The van der Waals surface area contributed by atoms with E-state index >= 15 is 0 Å². The molecule has 3 rings (SSSR count). The van der Waals surface area contributed by atoms with E-state index in [4.69, 9.17) is 4.11 Å². The maximum Gasteiger partial charge on any atom is 0.0812 e. The second kappa shape index (κ2) is 5.24. The predicted octanol–water partition coefficient (Wildman–Crippen LogP) is 5.32. The fourth-order valence-corrected chi connectivity index (χ4v) is 4.59. The summed E-state index contributed by atoms with van der Waals surface area (Å²) in [6.07, 6.45) is 4.94. The molecule has 0 saturated heterocycles. The number of aryl methyl sites for hydroxylation is 1. The summed E-state index contributed by atoms with van der Waals surface area (Å²) in [6, 6.07) is 8.08. The first-order valence-corrected chi connectivity index (χ1v) is 8.00. The molecule has 1 saturated carbocycles. The Morgan fingerprint density at radius 3 is 2.63 bits per heavy atom. The van der Waals surface area contributed by atoms with E-state index < -0.39 is 12.2 Å². The molecule has 1 unspecified atom stereocenters. The fourth-order valence-electron chi connectivity index (χ4n) is 3.27. The SMILES string of the molecule is [2H]C([2H])([2H])C1SC(C2CCCC2)=C(C)N1c1ccccc1C. The number of nitrogens with zero attached hydrogens (tertiary/aromatic N) is 1. The Labute approximate surface area is 125 Å². The first kappa shape index (κ1) is 9.93. The molecule has 0 aromatic heterocycles. The molecule has 1 atom stereocenters. The van der Waals surface area contributed by atoms with Crippen LogP contribution in [0.5, 0.6) is 0 Å². The summed E-state index contributed by atoms with van der Waals surface area (Å²) >= 11 is 1.58. The number of anilines is 1. The van der Waals surface area contributed by atoms with Crippen LogP contribution < -0.4 is 4.90 Å². The lowest BCUT2D eigenvalue weighted by molar-refractivity contribution is 0.669. The third-order valence-corrected chi connectivity index (χ3v) is 5.61. The van der Waals surface area contributed by atoms with Crippen molar-refractivity contribution in [2.45, 2.75) is 51.8 Å². The molecule has 2 heteroatoms. The second-order valence-electron chi connectivity index (χ2n) is 5.56. The van der Waals surface area contributed by atoms with Crippen molar-refractivity contribution in [3.05, 3.63) is 40.4 Å². The van der Waals surface area contributed by atoms with E-state index in [1.165, 1.54) is 30.6 Å². The molecule has 1 fully saturated rings. The molecule has 2 aliphatic rings. The summed E-state index contributed by atoms with van der Waals surface area (Å²) in [4.78, 5) is 3.36. The van der Waals surface area contributed by atoms with Crippen molar-refractivity contribution in [3.8, 4) is 0 Å². The van der Waals surface area contributed by atoms with E-state index in [9.17, 15) is 0 Å². The van der Waals surface area contributed by atoms with Crippen LogP contribution in [-0.4, -0.2) is 5.37 Å². The van der Waals surface area contributed by atoms with Crippen LogP contribution in [0.4, 0.5) is 5.69 Å². The number of benzene rings is 1. The Bertz CT molecular complexity index is 588. The van der Waals surface area contributed by atoms with Crippen LogP contribution in [0.15, 0.2) is 34.9 Å². The molecule has 1 aromatic carbocycles. The van der Waals surface area contributed by atoms with E-state index in [0.29, 0.717) is 5.92 Å². The smallest absolute Gasteiger partial charge is 0.0812 e. The summed E-state index contributed by atoms with van der Waals surface area (Å²) in [6.45, 7) is 2.16. The minimum atomic E-state index is -1.99. The third-order valence-electron chi connectivity index (χ3n) is 4.29. The van der Waals surface area contributed by atoms with E-state index in [2.05, 4.69) is 24.8 Å². The van der Waals surface area contributed by atoms with Crippen LogP contribution in [0.1, 0.15) is 49.1 Å². The molecule has 102 valence electrons. The highest BCUT2D eigenvalue weighted by molar-refractivity contribution is 8.04. The number of para-hydroxylation sites is 1. The van der Waals surface area contributed by atoms with Crippen LogP contribution in [-0.2, 0) is 0 Å². The van der Waals surface area contributed by atoms with Gasteiger partial charge in [0, 0.05) is 20.4 Å². The summed E-state index contributed by atoms with van der Waals surface area (Å²) < 4.78 is 23.9. The average Bonchev–Trinajstić information content (AvgIpc) is 3.06. The Morgan fingerprint density at radius 1 is 1.21 bits per heavy atom. The highest BCUT2D eigenvalue weighted by atomic mass is 32.2. The fraction of sp³-hybridized carbons (Fsp3) is 0.529. The van der Waals surface area contributed by atoms with Crippen LogP contribution in [0.3, 0.4) is 0 Å². The Morgan fingerprint density at radius 2 is 1.95 bits per heavy atom. The molecule has 0 N–H and O–H groups in total. The van der Waals surface area contributed by atoms with Crippen molar-refractivity contribution in [1.82, 2.24) is 0 Å². The lowest BCUT2D eigenvalue weighted by Crippen LogP contribution is -2.25. The average molecular weight is 276 g/mol. The van der Waals surface area contributed by atoms with Crippen LogP contribution in [0, 0.1) is 12.8 Å². The summed E-state index contributed by atoms with van der Waals surface area (Å²) in [5, 5.41) is -0.496. The maximum absolute atomic E-state index is 7.97. The highest BCUT2D eigenvalue weighted by Crippen LogP contribution is 2.48. The van der Waals surface area contributed by atoms with Crippen LogP contribution in [0.25, 0.3) is 0 Å². The number of hydrogen-bond acceptors (Lipinski definition) is 2. The topological polar surface area (TPSA) is 3.24 Å². The van der Waals surface area contributed by atoms with Gasteiger partial charge in [0.2, 0.25) is 0 Å². The molecule has 1 heterocycles. The van der Waals surface area contributed by atoms with Gasteiger partial charge in [-0.3, -0.25) is 0 Å². The van der Waals surface area contributed by atoms with Gasteiger partial charge in [0.05, 0.1) is 5.37 Å². The molecule has 0 radical (unpaired) electrons. The first-order chi connectivity index (χ1) is 10.4. The maximum atomic E-state index is 7.97. The van der Waals surface area contributed by atoms with Crippen molar-refractivity contribution in [3.63, 3.8) is 0 Å². The third kappa shape index (κ3) is 2.31. The van der Waals surface area contributed by atoms with Gasteiger partial charge in [-0.2, -0.15) is 0 Å². The van der Waals surface area contributed by atoms with E-state index in [0.717, 1.165) is 16.9 Å². The number of hydrogen-bond donors (Lipinski definition) is 0. The molecule has 19 heavy (non-hydrogen) atoms. The standard InChI is InChI=1S/C17H23NS/c1-12-8-4-7-11-16(12)18-13(2)17(19-14(18)3)15-9-5-6-10-15/h4,7-8,11,14-15H,5-6,9-10H2,1-3H3/i3D3. The van der Waals surface area contributed by atoms with Gasteiger partial charge in [0.25, 0.3) is 0 Å². The zero-order chi connectivity index (χ0) is 15.9. The van der Waals surface area contributed by atoms with Crippen molar-refractivity contribution in [2.75, 3.05) is 4.90 Å². The number of thioether (sulfide) groups is 1. The molecule has 1 aliphatic heterocycles. The number of allylic oxidation sites excluding steroid dienone is 2. The van der Waals surface area contributed by atoms with Gasteiger partial charge in [0.15, 0.2) is 0 Å². The highest BCUT2D eigenvalue weighted by Gasteiger charge is 2.33. The molecule has 1 nitrogen and oxygen atoms in total. The van der Waals surface area contributed by atoms with Crippen molar-refractivity contribution >= 4 is 17.4 Å². The minimum Gasteiger partial charge on any atom is -0.332 e. The quantitative estimate of drug-likeness (QED) is 0.719. The molecule has 0 amide bonds. The van der Waals surface area contributed by atoms with Gasteiger partial charge in [-0.05, 0) is 51.1 Å². The van der Waals surface area contributed by atoms with Gasteiger partial charge < -0.3 is 4.90 Å². The van der Waals surface area contributed by atoms with Crippen molar-refractivity contribution < 1.29 is 4.11 Å². The lowest BCUT2D eigenvalue weighted by atomic mass is 10.1. The van der Waals surface area contributed by atoms with E-state index in [-0.39, 0.29) is 0 Å². The van der Waals surface area contributed by atoms with Gasteiger partial charge in [-0.1, -0.05) is 31.0 Å². The zero-order valence-corrected chi connectivity index (χ0v) is 12.5. The van der Waals surface area contributed by atoms with E-state index in [1.54, 1.807) is 11.8 Å². The molecule has 1 aromatic rings. The number of rotatable bonds is 2. The molecule has 0 spiro atoms. The van der Waals surface area contributed by atoms with Gasteiger partial charge in [-0.15, -0.1) is 11.8 Å². The van der Waals surface area contributed by atoms with Gasteiger partial charge >= 0.3 is 0 Å². The Kier molecular flexibility index (Phi) is 2.74. The van der Waals surface area contributed by atoms with Crippen LogP contribution >= 0.6 is 11.8 Å². The minimum absolute atomic E-state index is 0.496. The zero-order valence-electron chi connectivity index (χ0n) is 14.6. The molecule has 0 bridgehead atoms. The largest absolute Gasteiger partial charge is 0.332 e. The first-order valence-electron chi connectivity index (χ1n) is 8.62. The molecule has 1 aliphatic carbocycles. The van der Waals surface area contributed by atoms with Crippen LogP contribution in [0.2, 0.25) is 0 Å². The second-order valence-corrected chi connectivity index (χ2v) is 6.68. The lowest BCUT2D eigenvalue weighted by Gasteiger charge is -2.26.